The molecule has 0 aromatic carbocycles. The van der Waals surface area contributed by atoms with E-state index in [4.69, 9.17) is 11.6 Å². The third-order valence-electron chi connectivity index (χ3n) is 3.29. The maximum Gasteiger partial charge on any atom is 0.137 e. The number of imidazole rings is 1. The molecule has 2 rings (SSSR count). The van der Waals surface area contributed by atoms with Gasteiger partial charge in [0.25, 0.3) is 0 Å². The van der Waals surface area contributed by atoms with Crippen molar-refractivity contribution in [2.75, 3.05) is 20.1 Å². The van der Waals surface area contributed by atoms with Crippen molar-refractivity contribution in [1.29, 1.82) is 0 Å². The summed E-state index contributed by atoms with van der Waals surface area (Å²) >= 11 is 5.95. The van der Waals surface area contributed by atoms with Crippen LogP contribution in [0.2, 0.25) is 5.02 Å². The molecular weight excluding hydrogens is 260 g/mol. The van der Waals surface area contributed by atoms with Gasteiger partial charge in [-0.2, -0.15) is 0 Å². The van der Waals surface area contributed by atoms with E-state index in [1.165, 1.54) is 0 Å². The SMILES string of the molecule is CC(C)N(C)CCNCc1cn2cc(Cl)ccc2n1. The molecule has 2 aromatic heterocycles. The number of pyridine rings is 1. The lowest BCUT2D eigenvalue weighted by Crippen LogP contribution is -2.33. The molecule has 2 aromatic rings. The van der Waals surface area contributed by atoms with Gasteiger partial charge in [-0.15, -0.1) is 0 Å². The van der Waals surface area contributed by atoms with Crippen LogP contribution in [0.3, 0.4) is 0 Å². The van der Waals surface area contributed by atoms with Crippen molar-refractivity contribution in [2.24, 2.45) is 0 Å². The van der Waals surface area contributed by atoms with Gasteiger partial charge in [-0.1, -0.05) is 11.6 Å². The van der Waals surface area contributed by atoms with E-state index in [1.807, 2.05) is 28.9 Å². The Hall–Kier alpha value is -1.10. The monoisotopic (exact) mass is 280 g/mol. The van der Waals surface area contributed by atoms with Crippen LogP contribution in [0.5, 0.6) is 0 Å². The van der Waals surface area contributed by atoms with E-state index in [0.29, 0.717) is 6.04 Å². The van der Waals surface area contributed by atoms with Crippen molar-refractivity contribution in [2.45, 2.75) is 26.4 Å². The van der Waals surface area contributed by atoms with Crippen LogP contribution in [0.25, 0.3) is 5.65 Å². The maximum absolute atomic E-state index is 5.95. The van der Waals surface area contributed by atoms with Crippen LogP contribution in [-0.4, -0.2) is 40.5 Å². The van der Waals surface area contributed by atoms with Crippen LogP contribution in [0.1, 0.15) is 19.5 Å². The molecule has 0 fully saturated rings. The first-order valence-corrected chi connectivity index (χ1v) is 6.98. The number of nitrogens with zero attached hydrogens (tertiary/aromatic N) is 3. The highest BCUT2D eigenvalue weighted by Crippen LogP contribution is 2.11. The van der Waals surface area contributed by atoms with Gasteiger partial charge in [0.2, 0.25) is 0 Å². The topological polar surface area (TPSA) is 32.6 Å². The van der Waals surface area contributed by atoms with Gasteiger partial charge in [-0.25, -0.2) is 4.98 Å². The third-order valence-corrected chi connectivity index (χ3v) is 3.52. The van der Waals surface area contributed by atoms with Crippen molar-refractivity contribution in [3.63, 3.8) is 0 Å². The number of rotatable bonds is 6. The minimum atomic E-state index is 0.583. The van der Waals surface area contributed by atoms with E-state index in [2.05, 4.69) is 36.1 Å². The lowest BCUT2D eigenvalue weighted by Gasteiger charge is -2.20. The second-order valence-electron chi connectivity index (χ2n) is 5.10. The Labute approximate surface area is 119 Å². The Kier molecular flexibility index (Phi) is 4.80. The van der Waals surface area contributed by atoms with Crippen LogP contribution in [-0.2, 0) is 6.54 Å². The summed E-state index contributed by atoms with van der Waals surface area (Å²) in [6, 6.07) is 4.37. The highest BCUT2D eigenvalue weighted by Gasteiger charge is 2.04. The minimum absolute atomic E-state index is 0.583. The average molecular weight is 281 g/mol. The van der Waals surface area contributed by atoms with Gasteiger partial charge in [0, 0.05) is 38.1 Å². The molecule has 0 aliphatic rings. The van der Waals surface area contributed by atoms with Crippen LogP contribution in [0, 0.1) is 0 Å². The fraction of sp³-hybridized carbons (Fsp3) is 0.500. The van der Waals surface area contributed by atoms with Crippen molar-refractivity contribution >= 4 is 17.2 Å². The van der Waals surface area contributed by atoms with Gasteiger partial charge >= 0.3 is 0 Å². The normalized spacial score (nSPS) is 11.9. The number of likely N-dealkylation sites (N-methyl/N-ethyl adjacent to an activating group) is 1. The minimum Gasteiger partial charge on any atom is -0.310 e. The van der Waals surface area contributed by atoms with Gasteiger partial charge in [-0.05, 0) is 33.0 Å². The Morgan fingerprint density at radius 2 is 2.16 bits per heavy atom. The van der Waals surface area contributed by atoms with Crippen LogP contribution < -0.4 is 5.32 Å². The summed E-state index contributed by atoms with van der Waals surface area (Å²) in [5, 5.41) is 4.14. The molecule has 0 spiro atoms. The smallest absolute Gasteiger partial charge is 0.137 e. The summed E-state index contributed by atoms with van der Waals surface area (Å²) in [5.74, 6) is 0. The van der Waals surface area contributed by atoms with Crippen LogP contribution >= 0.6 is 11.6 Å². The molecule has 1 N–H and O–H groups in total. The van der Waals surface area contributed by atoms with E-state index >= 15 is 0 Å². The summed E-state index contributed by atoms with van der Waals surface area (Å²) in [7, 11) is 2.14. The standard InChI is InChI=1S/C14H21ClN4/c1-11(2)18(3)7-6-16-8-13-10-19-9-12(15)4-5-14(19)17-13/h4-5,9-11,16H,6-8H2,1-3H3. The molecule has 19 heavy (non-hydrogen) atoms. The van der Waals surface area contributed by atoms with Crippen LogP contribution in [0.15, 0.2) is 24.5 Å². The molecule has 0 amide bonds. The highest BCUT2D eigenvalue weighted by molar-refractivity contribution is 6.30. The second-order valence-corrected chi connectivity index (χ2v) is 5.53. The van der Waals surface area contributed by atoms with E-state index in [9.17, 15) is 0 Å². The van der Waals surface area contributed by atoms with Crippen molar-refractivity contribution in [3.8, 4) is 0 Å². The van der Waals surface area contributed by atoms with Crippen LogP contribution in [0.4, 0.5) is 0 Å². The number of halogens is 1. The number of fused-ring (bicyclic) bond motifs is 1. The van der Waals surface area contributed by atoms with Gasteiger partial charge < -0.3 is 14.6 Å². The summed E-state index contributed by atoms with van der Waals surface area (Å²) in [5.41, 5.74) is 1.97. The fourth-order valence-corrected chi connectivity index (χ4v) is 2.00. The predicted octanol–water partition coefficient (Wildman–Crippen LogP) is 2.42. The molecule has 5 heteroatoms. The Morgan fingerprint density at radius 1 is 1.37 bits per heavy atom. The van der Waals surface area contributed by atoms with Gasteiger partial charge in [-0.3, -0.25) is 0 Å². The van der Waals surface area contributed by atoms with Gasteiger partial charge in [0.1, 0.15) is 5.65 Å². The summed E-state index contributed by atoms with van der Waals surface area (Å²) in [4.78, 5) is 6.85. The lowest BCUT2D eigenvalue weighted by molar-refractivity contribution is 0.273. The van der Waals surface area contributed by atoms with Crippen molar-refractivity contribution < 1.29 is 0 Å². The molecule has 0 bridgehead atoms. The summed E-state index contributed by atoms with van der Waals surface area (Å²) in [6.45, 7) is 7.18. The molecule has 0 aliphatic heterocycles. The Bertz CT molecular complexity index is 535. The molecule has 0 saturated heterocycles. The highest BCUT2D eigenvalue weighted by atomic mass is 35.5. The lowest BCUT2D eigenvalue weighted by atomic mass is 10.3. The summed E-state index contributed by atoms with van der Waals surface area (Å²) in [6.07, 6.45) is 3.89. The molecular formula is C14H21ClN4. The van der Waals surface area contributed by atoms with E-state index in [0.717, 1.165) is 36.0 Å². The number of hydrogen-bond donors (Lipinski definition) is 1. The molecule has 0 atom stereocenters. The molecule has 0 aliphatic carbocycles. The quantitative estimate of drug-likeness (QED) is 0.825. The fourth-order valence-electron chi connectivity index (χ4n) is 1.83. The Balaban J connectivity index is 1.85. The first-order chi connectivity index (χ1) is 9.06. The first-order valence-electron chi connectivity index (χ1n) is 6.60. The average Bonchev–Trinajstić information content (AvgIpc) is 2.75. The molecule has 0 unspecified atom stereocenters. The van der Waals surface area contributed by atoms with Gasteiger partial charge in [0.15, 0.2) is 0 Å². The first kappa shape index (κ1) is 14.3. The van der Waals surface area contributed by atoms with E-state index < -0.39 is 0 Å². The zero-order valence-electron chi connectivity index (χ0n) is 11.7. The van der Waals surface area contributed by atoms with Crippen molar-refractivity contribution in [3.05, 3.63) is 35.2 Å². The summed E-state index contributed by atoms with van der Waals surface area (Å²) < 4.78 is 1.96. The predicted molar refractivity (Wildman–Crippen MR) is 79.7 cm³/mol. The molecule has 4 nitrogen and oxygen atoms in total. The zero-order chi connectivity index (χ0) is 13.8. The maximum atomic E-state index is 5.95. The molecule has 104 valence electrons. The van der Waals surface area contributed by atoms with E-state index in [1.54, 1.807) is 0 Å². The van der Waals surface area contributed by atoms with Gasteiger partial charge in [0.05, 0.1) is 10.7 Å². The number of aromatic nitrogens is 2. The molecule has 0 saturated carbocycles. The van der Waals surface area contributed by atoms with E-state index in [-0.39, 0.29) is 0 Å². The Morgan fingerprint density at radius 3 is 2.89 bits per heavy atom. The molecule has 0 radical (unpaired) electrons. The van der Waals surface area contributed by atoms with Crippen molar-refractivity contribution in [1.82, 2.24) is 19.6 Å². The second kappa shape index (κ2) is 6.37. The number of nitrogens with one attached hydrogen (secondary N) is 1. The largest absolute Gasteiger partial charge is 0.310 e. The zero-order valence-corrected chi connectivity index (χ0v) is 12.5. The number of hydrogen-bond acceptors (Lipinski definition) is 3. The third kappa shape index (κ3) is 3.93. The molecule has 2 heterocycles.